The molecule has 1 atom stereocenters. The van der Waals surface area contributed by atoms with Gasteiger partial charge in [-0.1, -0.05) is 12.1 Å². The highest BCUT2D eigenvalue weighted by Gasteiger charge is 2.17. The third-order valence-corrected chi connectivity index (χ3v) is 4.18. The lowest BCUT2D eigenvalue weighted by atomic mass is 9.88. The molecule has 1 aliphatic carbocycles. The Labute approximate surface area is 124 Å². The molecule has 0 saturated carbocycles. The molecule has 3 rings (SSSR count). The van der Waals surface area contributed by atoms with Gasteiger partial charge in [0, 0.05) is 6.04 Å². The summed E-state index contributed by atoms with van der Waals surface area (Å²) in [5, 5.41) is 0. The second-order valence-electron chi connectivity index (χ2n) is 5.72. The smallest absolute Gasteiger partial charge is 0.123 e. The fourth-order valence-corrected chi connectivity index (χ4v) is 2.89. The first-order valence-corrected chi connectivity index (χ1v) is 7.40. The number of hydrogen-bond donors (Lipinski definition) is 1. The lowest BCUT2D eigenvalue weighted by Gasteiger charge is -2.23. The van der Waals surface area contributed by atoms with Crippen LogP contribution < -0.4 is 10.5 Å². The summed E-state index contributed by atoms with van der Waals surface area (Å²) in [6.45, 7) is 2.34. The van der Waals surface area contributed by atoms with E-state index in [2.05, 4.69) is 12.1 Å². The largest absolute Gasteiger partial charge is 0.489 e. The molecule has 0 aliphatic heterocycles. The molecule has 1 unspecified atom stereocenters. The molecule has 0 fully saturated rings. The summed E-state index contributed by atoms with van der Waals surface area (Å²) in [5.74, 6) is 0.617. The van der Waals surface area contributed by atoms with Crippen LogP contribution in [-0.4, -0.2) is 0 Å². The normalized spacial score (nSPS) is 17.4. The summed E-state index contributed by atoms with van der Waals surface area (Å²) in [4.78, 5) is 0. The van der Waals surface area contributed by atoms with Gasteiger partial charge in [-0.05, 0) is 72.7 Å². The zero-order valence-electron chi connectivity index (χ0n) is 12.2. The van der Waals surface area contributed by atoms with Crippen molar-refractivity contribution in [2.45, 2.75) is 38.8 Å². The highest BCUT2D eigenvalue weighted by atomic mass is 19.1. The van der Waals surface area contributed by atoms with Crippen molar-refractivity contribution < 1.29 is 9.13 Å². The topological polar surface area (TPSA) is 35.2 Å². The average Bonchev–Trinajstić information content (AvgIpc) is 2.47. The molecule has 2 N–H and O–H groups in total. The van der Waals surface area contributed by atoms with Crippen LogP contribution in [0, 0.1) is 12.7 Å². The maximum atomic E-state index is 13.1. The van der Waals surface area contributed by atoms with Crippen LogP contribution in [-0.2, 0) is 13.0 Å². The molecule has 2 aromatic carbocycles. The summed E-state index contributed by atoms with van der Waals surface area (Å²) in [5.41, 5.74) is 10.6. The Morgan fingerprint density at radius 1 is 1.24 bits per heavy atom. The lowest BCUT2D eigenvalue weighted by molar-refractivity contribution is 0.304. The van der Waals surface area contributed by atoms with E-state index in [0.717, 1.165) is 36.1 Å². The van der Waals surface area contributed by atoms with E-state index in [-0.39, 0.29) is 11.9 Å². The number of halogens is 1. The van der Waals surface area contributed by atoms with Gasteiger partial charge in [0.1, 0.15) is 18.2 Å². The van der Waals surface area contributed by atoms with E-state index >= 15 is 0 Å². The molecule has 2 nitrogen and oxygen atoms in total. The molecule has 110 valence electrons. The first kappa shape index (κ1) is 14.1. The summed E-state index contributed by atoms with van der Waals surface area (Å²) in [6, 6.07) is 11.0. The van der Waals surface area contributed by atoms with Gasteiger partial charge in [-0.15, -0.1) is 0 Å². The van der Waals surface area contributed by atoms with Crippen LogP contribution in [0.2, 0.25) is 0 Å². The van der Waals surface area contributed by atoms with E-state index in [9.17, 15) is 4.39 Å². The van der Waals surface area contributed by atoms with Crippen molar-refractivity contribution in [1.82, 2.24) is 0 Å². The number of rotatable bonds is 3. The van der Waals surface area contributed by atoms with Crippen molar-refractivity contribution in [3.8, 4) is 5.75 Å². The van der Waals surface area contributed by atoms with Crippen molar-refractivity contribution in [2.75, 3.05) is 0 Å². The van der Waals surface area contributed by atoms with Gasteiger partial charge < -0.3 is 10.5 Å². The number of benzene rings is 2. The van der Waals surface area contributed by atoms with Crippen LogP contribution in [0.15, 0.2) is 36.4 Å². The number of aryl methyl sites for hydroxylation is 2. The summed E-state index contributed by atoms with van der Waals surface area (Å²) >= 11 is 0. The average molecular weight is 285 g/mol. The first-order chi connectivity index (χ1) is 10.1. The molecule has 2 aromatic rings. The van der Waals surface area contributed by atoms with E-state index in [1.54, 1.807) is 6.07 Å². The zero-order valence-corrected chi connectivity index (χ0v) is 12.2. The van der Waals surface area contributed by atoms with Gasteiger partial charge in [0.25, 0.3) is 0 Å². The quantitative estimate of drug-likeness (QED) is 0.923. The van der Waals surface area contributed by atoms with Crippen LogP contribution in [0.5, 0.6) is 5.75 Å². The molecule has 0 radical (unpaired) electrons. The lowest BCUT2D eigenvalue weighted by Crippen LogP contribution is -2.17. The van der Waals surface area contributed by atoms with Crippen LogP contribution in [0.1, 0.15) is 41.1 Å². The number of fused-ring (bicyclic) bond motifs is 1. The Morgan fingerprint density at radius 2 is 2.10 bits per heavy atom. The molecule has 21 heavy (non-hydrogen) atoms. The minimum Gasteiger partial charge on any atom is -0.489 e. The fourth-order valence-electron chi connectivity index (χ4n) is 2.89. The molecule has 0 saturated heterocycles. The third-order valence-electron chi connectivity index (χ3n) is 4.18. The van der Waals surface area contributed by atoms with E-state index in [1.807, 2.05) is 13.0 Å². The Bertz CT molecular complexity index is 654. The molecule has 0 spiro atoms. The van der Waals surface area contributed by atoms with Gasteiger partial charge in [0.15, 0.2) is 0 Å². The fraction of sp³-hybridized carbons (Fsp3) is 0.333. The molecule has 3 heteroatoms. The Morgan fingerprint density at radius 3 is 2.90 bits per heavy atom. The first-order valence-electron chi connectivity index (χ1n) is 7.40. The molecule has 0 aromatic heterocycles. The van der Waals surface area contributed by atoms with Crippen LogP contribution >= 0.6 is 0 Å². The Hall–Kier alpha value is -1.87. The monoisotopic (exact) mass is 285 g/mol. The van der Waals surface area contributed by atoms with E-state index in [4.69, 9.17) is 10.5 Å². The van der Waals surface area contributed by atoms with Gasteiger partial charge >= 0.3 is 0 Å². The maximum absolute atomic E-state index is 13.1. The van der Waals surface area contributed by atoms with Crippen LogP contribution in [0.25, 0.3) is 0 Å². The summed E-state index contributed by atoms with van der Waals surface area (Å²) in [6.07, 6.45) is 3.29. The highest BCUT2D eigenvalue weighted by molar-refractivity contribution is 5.39. The van der Waals surface area contributed by atoms with Crippen molar-refractivity contribution >= 4 is 0 Å². The number of nitrogens with two attached hydrogens (primary N) is 1. The van der Waals surface area contributed by atoms with Gasteiger partial charge in [-0.2, -0.15) is 0 Å². The number of hydrogen-bond acceptors (Lipinski definition) is 2. The van der Waals surface area contributed by atoms with Crippen molar-refractivity contribution in [1.29, 1.82) is 0 Å². The maximum Gasteiger partial charge on any atom is 0.123 e. The minimum atomic E-state index is -0.212. The third kappa shape index (κ3) is 3.08. The molecular formula is C18H20FNO. The van der Waals surface area contributed by atoms with E-state index in [1.165, 1.54) is 23.3 Å². The van der Waals surface area contributed by atoms with Gasteiger partial charge in [0.05, 0.1) is 0 Å². The summed E-state index contributed by atoms with van der Waals surface area (Å²) in [7, 11) is 0. The molecular weight excluding hydrogens is 265 g/mol. The van der Waals surface area contributed by atoms with E-state index < -0.39 is 0 Å². The molecule has 0 bridgehead atoms. The van der Waals surface area contributed by atoms with Crippen LogP contribution in [0.4, 0.5) is 4.39 Å². The number of ether oxygens (including phenoxy) is 1. The van der Waals surface area contributed by atoms with Gasteiger partial charge in [0.2, 0.25) is 0 Å². The van der Waals surface area contributed by atoms with Gasteiger partial charge in [-0.25, -0.2) is 4.39 Å². The molecule has 1 aliphatic rings. The predicted octanol–water partition coefficient (Wildman–Crippen LogP) is 4.05. The molecule has 0 amide bonds. The zero-order chi connectivity index (χ0) is 14.8. The van der Waals surface area contributed by atoms with Gasteiger partial charge in [-0.3, -0.25) is 0 Å². The molecule has 0 heterocycles. The van der Waals surface area contributed by atoms with E-state index in [0.29, 0.717) is 6.61 Å². The SMILES string of the molecule is Cc1cc(F)ccc1COc1ccc2c(c1)C(N)CCC2. The Balaban J connectivity index is 1.75. The second kappa shape index (κ2) is 5.86. The second-order valence-corrected chi connectivity index (χ2v) is 5.72. The standard InChI is InChI=1S/C18H20FNO/c1-12-9-15(19)7-5-14(12)11-21-16-8-6-13-3-2-4-18(20)17(13)10-16/h5-10,18H,2-4,11,20H2,1H3. The van der Waals surface area contributed by atoms with Crippen molar-refractivity contribution in [3.05, 3.63) is 64.5 Å². The highest BCUT2D eigenvalue weighted by Crippen LogP contribution is 2.31. The van der Waals surface area contributed by atoms with Crippen molar-refractivity contribution in [2.24, 2.45) is 5.73 Å². The Kier molecular flexibility index (Phi) is 3.93. The summed E-state index contributed by atoms with van der Waals surface area (Å²) < 4.78 is 18.9. The minimum absolute atomic E-state index is 0.116. The predicted molar refractivity (Wildman–Crippen MR) is 81.8 cm³/mol. The van der Waals surface area contributed by atoms with Crippen LogP contribution in [0.3, 0.4) is 0 Å². The van der Waals surface area contributed by atoms with Crippen molar-refractivity contribution in [3.63, 3.8) is 0 Å².